The zero-order valence-corrected chi connectivity index (χ0v) is 8.56. The van der Waals surface area contributed by atoms with Crippen LogP contribution in [0.15, 0.2) is 0 Å². The third kappa shape index (κ3) is 1.02. The Hall–Kier alpha value is -0.0400. The molecule has 0 saturated heterocycles. The molecule has 3 fully saturated rings. The number of rotatable bonds is 2. The van der Waals surface area contributed by atoms with E-state index >= 15 is 0 Å². The van der Waals surface area contributed by atoms with Crippen molar-refractivity contribution < 1.29 is 0 Å². The summed E-state index contributed by atoms with van der Waals surface area (Å²) in [6, 6.07) is 0. The lowest BCUT2D eigenvalue weighted by atomic mass is 9.45. The monoisotopic (exact) mass is 167 g/mol. The summed E-state index contributed by atoms with van der Waals surface area (Å²) in [5, 5.41) is 3.33. The van der Waals surface area contributed by atoms with Crippen molar-refractivity contribution >= 4 is 0 Å². The van der Waals surface area contributed by atoms with E-state index in [2.05, 4.69) is 26.2 Å². The molecule has 0 aromatic carbocycles. The van der Waals surface area contributed by atoms with Gasteiger partial charge in [0.15, 0.2) is 0 Å². The van der Waals surface area contributed by atoms with Crippen LogP contribution < -0.4 is 5.32 Å². The molecular formula is C11H21N. The van der Waals surface area contributed by atoms with Gasteiger partial charge in [-0.05, 0) is 56.0 Å². The Balaban J connectivity index is 2.01. The van der Waals surface area contributed by atoms with Gasteiger partial charge in [0.05, 0.1) is 0 Å². The smallest absolute Gasteiger partial charge is 0.00207 e. The minimum atomic E-state index is 0.666. The van der Waals surface area contributed by atoms with Gasteiger partial charge >= 0.3 is 0 Å². The molecule has 3 saturated carbocycles. The van der Waals surface area contributed by atoms with Crippen LogP contribution in [-0.2, 0) is 0 Å². The van der Waals surface area contributed by atoms with E-state index in [0.29, 0.717) is 5.41 Å². The molecule has 0 amide bonds. The minimum Gasteiger partial charge on any atom is -0.319 e. The van der Waals surface area contributed by atoms with E-state index in [1.807, 2.05) is 0 Å². The second-order valence-corrected chi connectivity index (χ2v) is 5.26. The molecule has 0 aromatic rings. The van der Waals surface area contributed by atoms with Gasteiger partial charge in [0.1, 0.15) is 0 Å². The van der Waals surface area contributed by atoms with Crippen LogP contribution in [0.1, 0.15) is 33.1 Å². The Kier molecular flexibility index (Phi) is 1.95. The molecule has 1 N–H and O–H groups in total. The van der Waals surface area contributed by atoms with E-state index in [0.717, 1.165) is 17.8 Å². The fourth-order valence-electron chi connectivity index (χ4n) is 3.47. The summed E-state index contributed by atoms with van der Waals surface area (Å²) in [7, 11) is 2.08. The molecule has 1 heteroatoms. The fourth-order valence-corrected chi connectivity index (χ4v) is 3.47. The molecule has 1 nitrogen and oxygen atoms in total. The van der Waals surface area contributed by atoms with Gasteiger partial charge in [-0.15, -0.1) is 0 Å². The SMILES string of the molecule is CNC[C@@H]1CC[C@H]2C[C@@H]1C2(C)C. The van der Waals surface area contributed by atoms with Crippen molar-refractivity contribution in [1.82, 2.24) is 5.32 Å². The summed E-state index contributed by atoms with van der Waals surface area (Å²) < 4.78 is 0. The molecule has 3 rings (SSSR count). The van der Waals surface area contributed by atoms with Gasteiger partial charge in [0, 0.05) is 0 Å². The Bertz CT molecular complexity index is 170. The molecule has 0 radical (unpaired) electrons. The lowest BCUT2D eigenvalue weighted by Gasteiger charge is -2.60. The Morgan fingerprint density at radius 3 is 2.58 bits per heavy atom. The standard InChI is InChI=1S/C11H21N/c1-11(2)9-5-4-8(7-12-3)10(11)6-9/h8-10,12H,4-7H2,1-3H3/t8-,9-,10-/m0/s1. The molecular weight excluding hydrogens is 146 g/mol. The highest BCUT2D eigenvalue weighted by molar-refractivity contribution is 5.03. The van der Waals surface area contributed by atoms with E-state index in [1.165, 1.54) is 25.8 Å². The van der Waals surface area contributed by atoms with Gasteiger partial charge in [-0.3, -0.25) is 0 Å². The highest BCUT2D eigenvalue weighted by atomic mass is 14.8. The van der Waals surface area contributed by atoms with Crippen LogP contribution in [0, 0.1) is 23.2 Å². The number of hydrogen-bond acceptors (Lipinski definition) is 1. The number of hydrogen-bond donors (Lipinski definition) is 1. The molecule has 0 aromatic heterocycles. The molecule has 70 valence electrons. The zero-order chi connectivity index (χ0) is 8.77. The first-order valence-corrected chi connectivity index (χ1v) is 5.31. The second kappa shape index (κ2) is 2.73. The third-order valence-electron chi connectivity index (χ3n) is 4.47. The predicted molar refractivity (Wildman–Crippen MR) is 52.0 cm³/mol. The zero-order valence-electron chi connectivity index (χ0n) is 8.56. The lowest BCUT2D eigenvalue weighted by molar-refractivity contribution is -0.103. The highest BCUT2D eigenvalue weighted by Crippen LogP contribution is 2.61. The first-order chi connectivity index (χ1) is 5.66. The summed E-state index contributed by atoms with van der Waals surface area (Å²) in [6.45, 7) is 6.17. The van der Waals surface area contributed by atoms with Crippen LogP contribution in [0.5, 0.6) is 0 Å². The number of nitrogens with one attached hydrogen (secondary N) is 1. The summed E-state index contributed by atoms with van der Waals surface area (Å²) in [6.07, 6.45) is 4.47. The molecule has 0 heterocycles. The van der Waals surface area contributed by atoms with Crippen LogP contribution in [0.4, 0.5) is 0 Å². The van der Waals surface area contributed by atoms with Crippen LogP contribution in [0.2, 0.25) is 0 Å². The van der Waals surface area contributed by atoms with Crippen LogP contribution in [0.3, 0.4) is 0 Å². The topological polar surface area (TPSA) is 12.0 Å². The van der Waals surface area contributed by atoms with Gasteiger partial charge in [-0.2, -0.15) is 0 Å². The fraction of sp³-hybridized carbons (Fsp3) is 1.00. The van der Waals surface area contributed by atoms with Gasteiger partial charge in [0.25, 0.3) is 0 Å². The minimum absolute atomic E-state index is 0.666. The van der Waals surface area contributed by atoms with E-state index in [-0.39, 0.29) is 0 Å². The summed E-state index contributed by atoms with van der Waals surface area (Å²) in [4.78, 5) is 0. The predicted octanol–water partition coefficient (Wildman–Crippen LogP) is 2.28. The molecule has 2 bridgehead atoms. The molecule has 3 aliphatic rings. The quantitative estimate of drug-likeness (QED) is 0.665. The van der Waals surface area contributed by atoms with Crippen molar-refractivity contribution in [3.63, 3.8) is 0 Å². The first kappa shape index (κ1) is 8.55. The maximum absolute atomic E-state index is 3.33. The van der Waals surface area contributed by atoms with Crippen molar-refractivity contribution in [3.05, 3.63) is 0 Å². The Morgan fingerprint density at radius 2 is 2.08 bits per heavy atom. The molecule has 3 aliphatic carbocycles. The van der Waals surface area contributed by atoms with E-state index in [4.69, 9.17) is 0 Å². The van der Waals surface area contributed by atoms with Gasteiger partial charge < -0.3 is 5.32 Å². The lowest BCUT2D eigenvalue weighted by Crippen LogP contribution is -2.54. The third-order valence-corrected chi connectivity index (χ3v) is 4.47. The number of fused-ring (bicyclic) bond motifs is 2. The average Bonchev–Trinajstić information content (AvgIpc) is 2.05. The highest BCUT2D eigenvalue weighted by Gasteiger charge is 2.53. The van der Waals surface area contributed by atoms with E-state index in [9.17, 15) is 0 Å². The van der Waals surface area contributed by atoms with E-state index in [1.54, 1.807) is 0 Å². The van der Waals surface area contributed by atoms with E-state index < -0.39 is 0 Å². The molecule has 12 heavy (non-hydrogen) atoms. The van der Waals surface area contributed by atoms with Crippen LogP contribution in [0.25, 0.3) is 0 Å². The van der Waals surface area contributed by atoms with Gasteiger partial charge in [-0.1, -0.05) is 13.8 Å². The molecule has 0 aliphatic heterocycles. The maximum Gasteiger partial charge on any atom is -0.00207 e. The van der Waals surface area contributed by atoms with Gasteiger partial charge in [-0.25, -0.2) is 0 Å². The Labute approximate surface area is 75.9 Å². The van der Waals surface area contributed by atoms with Crippen molar-refractivity contribution in [3.8, 4) is 0 Å². The normalized spacial score (nSPS) is 43.8. The van der Waals surface area contributed by atoms with Crippen LogP contribution >= 0.6 is 0 Å². The second-order valence-electron chi connectivity index (χ2n) is 5.26. The Morgan fingerprint density at radius 1 is 1.33 bits per heavy atom. The summed E-state index contributed by atoms with van der Waals surface area (Å²) >= 11 is 0. The molecule has 3 atom stereocenters. The average molecular weight is 167 g/mol. The largest absolute Gasteiger partial charge is 0.319 e. The van der Waals surface area contributed by atoms with Gasteiger partial charge in [0.2, 0.25) is 0 Å². The molecule has 0 unspecified atom stereocenters. The summed E-state index contributed by atoms with van der Waals surface area (Å²) in [5.74, 6) is 3.04. The van der Waals surface area contributed by atoms with Crippen molar-refractivity contribution in [1.29, 1.82) is 0 Å². The maximum atomic E-state index is 3.33. The summed E-state index contributed by atoms with van der Waals surface area (Å²) in [5.41, 5.74) is 0.666. The van der Waals surface area contributed by atoms with Crippen molar-refractivity contribution in [2.24, 2.45) is 23.2 Å². The van der Waals surface area contributed by atoms with Crippen molar-refractivity contribution in [2.45, 2.75) is 33.1 Å². The first-order valence-electron chi connectivity index (χ1n) is 5.31. The van der Waals surface area contributed by atoms with Crippen LogP contribution in [-0.4, -0.2) is 13.6 Å². The molecule has 0 spiro atoms. The van der Waals surface area contributed by atoms with Crippen molar-refractivity contribution in [2.75, 3.05) is 13.6 Å².